The third-order valence-electron chi connectivity index (χ3n) is 5.68. The molecular weight excluding hydrogens is 430 g/mol. The van der Waals surface area contributed by atoms with Crippen LogP contribution in [0.5, 0.6) is 5.75 Å². The van der Waals surface area contributed by atoms with Crippen LogP contribution in [-0.4, -0.2) is 61.0 Å². The van der Waals surface area contributed by atoms with E-state index in [-0.39, 0.29) is 18.4 Å². The molecule has 0 radical (unpaired) electrons. The molecule has 0 atom stereocenters. The third kappa shape index (κ3) is 7.58. The first-order chi connectivity index (χ1) is 16.6. The fourth-order valence-corrected chi connectivity index (χ4v) is 3.94. The highest BCUT2D eigenvalue weighted by atomic mass is 16.5. The van der Waals surface area contributed by atoms with Crippen molar-refractivity contribution in [3.63, 3.8) is 0 Å². The summed E-state index contributed by atoms with van der Waals surface area (Å²) < 4.78 is 12.2. The number of hydrogen-bond donors (Lipinski definition) is 1. The average Bonchev–Trinajstić information content (AvgIpc) is 3.09. The van der Waals surface area contributed by atoms with Gasteiger partial charge < -0.3 is 24.6 Å². The van der Waals surface area contributed by atoms with Crippen molar-refractivity contribution >= 4 is 11.8 Å². The van der Waals surface area contributed by atoms with Crippen molar-refractivity contribution in [3.05, 3.63) is 53.4 Å². The molecular formula is C27H35N3O4. The van der Waals surface area contributed by atoms with Gasteiger partial charge in [-0.1, -0.05) is 37.0 Å². The maximum atomic E-state index is 12.6. The highest BCUT2D eigenvalue weighted by molar-refractivity contribution is 5.83. The minimum Gasteiger partial charge on any atom is -0.493 e. The highest BCUT2D eigenvalue weighted by Crippen LogP contribution is 2.26. The van der Waals surface area contributed by atoms with Crippen LogP contribution in [-0.2, 0) is 20.9 Å². The van der Waals surface area contributed by atoms with Gasteiger partial charge in [0, 0.05) is 32.1 Å². The van der Waals surface area contributed by atoms with Crippen molar-refractivity contribution < 1.29 is 19.1 Å². The van der Waals surface area contributed by atoms with E-state index in [0.717, 1.165) is 48.6 Å². The van der Waals surface area contributed by atoms with Crippen LogP contribution in [0.2, 0.25) is 0 Å². The Morgan fingerprint density at radius 1 is 1.18 bits per heavy atom. The molecule has 0 fully saturated rings. The van der Waals surface area contributed by atoms with Crippen LogP contribution in [0.4, 0.5) is 0 Å². The maximum Gasteiger partial charge on any atom is 0.242 e. The fraction of sp³-hybridized carbons (Fsp3) is 0.481. The molecule has 1 aliphatic heterocycles. The molecule has 1 aromatic carbocycles. The number of allylic oxidation sites excluding steroid dienone is 3. The summed E-state index contributed by atoms with van der Waals surface area (Å²) in [6.45, 7) is 7.20. The first kappa shape index (κ1) is 25.2. The van der Waals surface area contributed by atoms with E-state index in [1.807, 2.05) is 30.4 Å². The standard InChI is InChI=1S/C27H35N3O4/c1-3-18-33-25-13-8-7-11-23(25)21-30-16-10-9-15-29(27(32)20-28-22(2)31)17-19-34-26-14-6-4-5-12-24(26)30/h5,7-8,11-13H,3,9-10,14-21H2,1-2H3,(H,28,31). The molecule has 1 aromatic rings. The lowest BCUT2D eigenvalue weighted by Gasteiger charge is -2.28. The zero-order valence-electron chi connectivity index (χ0n) is 20.3. The molecule has 7 heteroatoms. The number of nitrogens with one attached hydrogen (secondary N) is 1. The lowest BCUT2D eigenvalue weighted by molar-refractivity contribution is -0.133. The number of carbonyl (C=O) groups excluding carboxylic acids is 2. The van der Waals surface area contributed by atoms with Gasteiger partial charge in [-0.25, -0.2) is 0 Å². The number of carbonyl (C=O) groups is 2. The quantitative estimate of drug-likeness (QED) is 0.626. The molecule has 34 heavy (non-hydrogen) atoms. The van der Waals surface area contributed by atoms with Gasteiger partial charge in [-0.3, -0.25) is 9.59 Å². The van der Waals surface area contributed by atoms with Crippen molar-refractivity contribution in [1.82, 2.24) is 15.1 Å². The van der Waals surface area contributed by atoms with Crippen LogP contribution in [0.25, 0.3) is 0 Å². The molecule has 3 rings (SSSR count). The van der Waals surface area contributed by atoms with Gasteiger partial charge in [0.25, 0.3) is 0 Å². The Kier molecular flexibility index (Phi) is 9.90. The van der Waals surface area contributed by atoms with E-state index >= 15 is 0 Å². The lowest BCUT2D eigenvalue weighted by Crippen LogP contribution is -2.41. The van der Waals surface area contributed by atoms with Crippen LogP contribution in [0, 0.1) is 11.8 Å². The zero-order chi connectivity index (χ0) is 24.2. The van der Waals surface area contributed by atoms with Gasteiger partial charge in [0.15, 0.2) is 0 Å². The van der Waals surface area contributed by atoms with Crippen LogP contribution in [0.3, 0.4) is 0 Å². The van der Waals surface area contributed by atoms with Gasteiger partial charge in [0.05, 0.1) is 31.8 Å². The van der Waals surface area contributed by atoms with Gasteiger partial charge >= 0.3 is 0 Å². The number of benzene rings is 1. The van der Waals surface area contributed by atoms with E-state index < -0.39 is 0 Å². The first-order valence-electron chi connectivity index (χ1n) is 12.1. The second kappa shape index (κ2) is 13.3. The van der Waals surface area contributed by atoms with Gasteiger partial charge in [-0.2, -0.15) is 0 Å². The van der Waals surface area contributed by atoms with Crippen molar-refractivity contribution in [2.75, 3.05) is 39.4 Å². The summed E-state index contributed by atoms with van der Waals surface area (Å²) in [5.41, 5.74) is 2.14. The normalized spacial score (nSPS) is 16.3. The summed E-state index contributed by atoms with van der Waals surface area (Å²) in [4.78, 5) is 27.9. The number of rotatable bonds is 7. The second-order valence-corrected chi connectivity index (χ2v) is 8.36. The highest BCUT2D eigenvalue weighted by Gasteiger charge is 2.20. The number of para-hydroxylation sites is 1. The number of amides is 2. The Morgan fingerprint density at radius 2 is 2.00 bits per heavy atom. The first-order valence-corrected chi connectivity index (χ1v) is 12.1. The van der Waals surface area contributed by atoms with Crippen LogP contribution in [0.15, 0.2) is 47.9 Å². The van der Waals surface area contributed by atoms with Crippen molar-refractivity contribution in [2.45, 2.75) is 46.1 Å². The SMILES string of the molecule is CCCOc1ccccc1CN1CCCCN(C(=O)CNC(C)=O)CCOC2=C1C=CC#CC2. The Bertz CT molecular complexity index is 974. The maximum absolute atomic E-state index is 12.6. The monoisotopic (exact) mass is 465 g/mol. The molecule has 0 saturated carbocycles. The molecule has 1 aliphatic carbocycles. The van der Waals surface area contributed by atoms with Gasteiger partial charge in [0.2, 0.25) is 11.8 Å². The summed E-state index contributed by atoms with van der Waals surface area (Å²) in [7, 11) is 0. The Balaban J connectivity index is 1.79. The summed E-state index contributed by atoms with van der Waals surface area (Å²) in [5, 5.41) is 2.60. The van der Waals surface area contributed by atoms with Gasteiger partial charge in [0.1, 0.15) is 18.1 Å². The smallest absolute Gasteiger partial charge is 0.242 e. The van der Waals surface area contributed by atoms with E-state index in [4.69, 9.17) is 9.47 Å². The van der Waals surface area contributed by atoms with E-state index in [2.05, 4.69) is 35.0 Å². The molecule has 1 N–H and O–H groups in total. The van der Waals surface area contributed by atoms with E-state index in [1.165, 1.54) is 6.92 Å². The largest absolute Gasteiger partial charge is 0.493 e. The number of nitrogens with zero attached hydrogens (tertiary/aromatic N) is 2. The third-order valence-corrected chi connectivity index (χ3v) is 5.68. The summed E-state index contributed by atoms with van der Waals surface area (Å²) in [6, 6.07) is 8.17. The zero-order valence-corrected chi connectivity index (χ0v) is 20.3. The minimum absolute atomic E-state index is 0.0121. The van der Waals surface area contributed by atoms with Crippen molar-refractivity contribution in [1.29, 1.82) is 0 Å². The molecule has 2 aliphatic rings. The molecule has 0 saturated heterocycles. The number of hydrogen-bond acceptors (Lipinski definition) is 5. The topological polar surface area (TPSA) is 71.1 Å². The van der Waals surface area contributed by atoms with Crippen LogP contribution < -0.4 is 10.1 Å². The Morgan fingerprint density at radius 3 is 2.82 bits per heavy atom. The molecule has 0 aromatic heterocycles. The number of ether oxygens (including phenoxy) is 2. The van der Waals surface area contributed by atoms with E-state index in [9.17, 15) is 9.59 Å². The predicted molar refractivity (Wildman–Crippen MR) is 132 cm³/mol. The minimum atomic E-state index is -0.208. The molecule has 0 bridgehead atoms. The summed E-state index contributed by atoms with van der Waals surface area (Å²) in [5.74, 6) is 7.63. The fourth-order valence-electron chi connectivity index (χ4n) is 3.94. The second-order valence-electron chi connectivity index (χ2n) is 8.36. The van der Waals surface area contributed by atoms with E-state index in [0.29, 0.717) is 39.3 Å². The lowest BCUT2D eigenvalue weighted by atomic mass is 10.1. The predicted octanol–water partition coefficient (Wildman–Crippen LogP) is 3.23. The Labute approximate surface area is 202 Å². The Hall–Kier alpha value is -3.40. The molecule has 0 spiro atoms. The molecule has 7 nitrogen and oxygen atoms in total. The van der Waals surface area contributed by atoms with Crippen molar-refractivity contribution in [2.24, 2.45) is 0 Å². The van der Waals surface area contributed by atoms with Gasteiger partial charge in [-0.15, -0.1) is 0 Å². The van der Waals surface area contributed by atoms with Crippen LogP contribution >= 0.6 is 0 Å². The molecule has 1 heterocycles. The molecule has 0 unspecified atom stereocenters. The van der Waals surface area contributed by atoms with E-state index in [1.54, 1.807) is 4.90 Å². The van der Waals surface area contributed by atoms with Gasteiger partial charge in [-0.05, 0) is 37.5 Å². The van der Waals surface area contributed by atoms with Crippen LogP contribution in [0.1, 0.15) is 45.1 Å². The van der Waals surface area contributed by atoms with Crippen molar-refractivity contribution in [3.8, 4) is 17.6 Å². The average molecular weight is 466 g/mol. The molecule has 2 amide bonds. The summed E-state index contributed by atoms with van der Waals surface area (Å²) in [6.07, 6.45) is 7.15. The summed E-state index contributed by atoms with van der Waals surface area (Å²) >= 11 is 0. The molecule has 182 valence electrons.